The fourth-order valence-electron chi connectivity index (χ4n) is 10.7. The Bertz CT molecular complexity index is 3810. The number of rotatable bonds is 25. The van der Waals surface area contributed by atoms with Gasteiger partial charge in [-0.15, -0.1) is 0 Å². The number of carbonyl (C=O) groups excluding carboxylic acids is 1. The molecule has 4 aromatic rings. The van der Waals surface area contributed by atoms with Gasteiger partial charge in [0.05, 0.1) is 32.4 Å². The molecule has 7 rings (SSSR count). The van der Waals surface area contributed by atoms with E-state index in [-0.39, 0.29) is 51.7 Å². The number of nitrogens with two attached hydrogens (primary N) is 2. The molecule has 2 aliphatic heterocycles. The van der Waals surface area contributed by atoms with Gasteiger partial charge in [-0.2, -0.15) is 38.2 Å². The average Bonchev–Trinajstić information content (AvgIpc) is 2.55. The summed E-state index contributed by atoms with van der Waals surface area (Å²) in [7, 11) is -17.9. The number of hydrogen-bond donors (Lipinski definition) is 8. The van der Waals surface area contributed by atoms with Gasteiger partial charge in [0.15, 0.2) is 11.7 Å². The minimum Gasteiger partial charge on any atom is -0.457 e. The molecule has 0 saturated heterocycles. The van der Waals surface area contributed by atoms with Crippen LogP contribution in [0.3, 0.4) is 0 Å². The summed E-state index contributed by atoms with van der Waals surface area (Å²) >= 11 is 0. The highest BCUT2D eigenvalue weighted by Gasteiger charge is 2.45. The van der Waals surface area contributed by atoms with E-state index in [1.54, 1.807) is 12.1 Å². The fraction of sp³-hybridized carbons (Fsp3) is 0.397. The van der Waals surface area contributed by atoms with Crippen molar-refractivity contribution in [2.45, 2.75) is 137 Å². The Morgan fingerprint density at radius 3 is 2.05 bits per heavy atom. The smallest absolute Gasteiger partial charge is 0.294 e. The first-order valence-corrected chi connectivity index (χ1v) is 33.0. The van der Waals surface area contributed by atoms with E-state index >= 15 is 0 Å². The quantitative estimate of drug-likeness (QED) is 0.0101. The van der Waals surface area contributed by atoms with Crippen LogP contribution < -0.4 is 31.7 Å². The Labute approximate surface area is 487 Å². The second-order valence-electron chi connectivity index (χ2n) is 22.6. The highest BCUT2D eigenvalue weighted by atomic mass is 32.2. The molecule has 0 saturated carbocycles. The van der Waals surface area contributed by atoms with Crippen LogP contribution in [0.15, 0.2) is 152 Å². The lowest BCUT2D eigenvalue weighted by Crippen LogP contribution is -2.44. The zero-order valence-electron chi connectivity index (χ0n) is 47.3. The zero-order valence-corrected chi connectivity index (χ0v) is 50.6. The van der Waals surface area contributed by atoms with E-state index in [1.165, 1.54) is 48.5 Å². The van der Waals surface area contributed by atoms with E-state index in [0.717, 1.165) is 33.8 Å². The first-order chi connectivity index (χ1) is 38.6. The lowest BCUT2D eigenvalue weighted by Gasteiger charge is -2.28. The van der Waals surface area contributed by atoms with Crippen LogP contribution in [0.1, 0.15) is 116 Å². The van der Waals surface area contributed by atoms with Crippen molar-refractivity contribution in [3.8, 4) is 5.75 Å². The number of hydrogen-bond acceptors (Lipinski definition) is 13. The number of ether oxygens (including phenoxy) is 1. The molecule has 0 aromatic heterocycles. The third-order valence-corrected chi connectivity index (χ3v) is 18.3. The molecule has 0 unspecified atom stereocenters. The monoisotopic (exact) mass is 1220 g/mol. The van der Waals surface area contributed by atoms with E-state index in [1.807, 2.05) is 95.0 Å². The van der Waals surface area contributed by atoms with Crippen LogP contribution in [0, 0.1) is 0 Å². The molecule has 1 amide bonds. The standard InChI is InChI=1S/C58H73N7O14S4/c1-56(2,63-42-17-12-14-39(34-42)37-61-55(59)60)38-62-53(66)18-8-7-9-31-64-49-27-25-45(82(73,74)75)35-47(49)57(3,4)51(64)29-19-40-15-13-16-41(54(40)79-43-21-23-44(24-22-43)81(70,71)72)20-30-52-58(5,6)48-36-46(83(76,77)78)26-28-50(48)65(52)32-10-11-33-80(67,68)69/h12,14,17,19-30,34-36,63H,7-11,13,15-16,18,31-33,37-38H2,1-6H3,(H8-,59,60,61,62,66,67,68,69,70,71,72,73,74,75,76,77,78)/p+1. The predicted molar refractivity (Wildman–Crippen MR) is 320 cm³/mol. The van der Waals surface area contributed by atoms with Crippen molar-refractivity contribution in [1.29, 1.82) is 0 Å². The topological polar surface area (TPSA) is 338 Å². The summed E-state index contributed by atoms with van der Waals surface area (Å²) in [5, 5.41) is 6.51. The molecular weight excluding hydrogens is 1150 g/mol. The maximum Gasteiger partial charge on any atom is 0.294 e. The van der Waals surface area contributed by atoms with E-state index < -0.39 is 62.6 Å². The van der Waals surface area contributed by atoms with Crippen LogP contribution >= 0.6 is 0 Å². The van der Waals surface area contributed by atoms with Gasteiger partial charge >= 0.3 is 0 Å². The van der Waals surface area contributed by atoms with Gasteiger partial charge in [-0.25, -0.2) is 4.99 Å². The van der Waals surface area contributed by atoms with Crippen molar-refractivity contribution in [2.75, 3.05) is 35.6 Å². The Morgan fingerprint density at radius 1 is 0.747 bits per heavy atom. The molecule has 448 valence electrons. The van der Waals surface area contributed by atoms with Gasteiger partial charge in [0.2, 0.25) is 11.6 Å². The summed E-state index contributed by atoms with van der Waals surface area (Å²) in [5.41, 5.74) is 16.2. The normalized spacial score (nSPS) is 17.3. The van der Waals surface area contributed by atoms with Crippen LogP contribution in [0.2, 0.25) is 0 Å². The zero-order chi connectivity index (χ0) is 60.9. The van der Waals surface area contributed by atoms with Crippen molar-refractivity contribution in [2.24, 2.45) is 16.5 Å². The van der Waals surface area contributed by atoms with Crippen LogP contribution in [-0.2, 0) is 62.6 Å². The van der Waals surface area contributed by atoms with Crippen LogP contribution in [0.25, 0.3) is 0 Å². The number of fused-ring (bicyclic) bond motifs is 2. The molecule has 3 aliphatic rings. The second-order valence-corrected chi connectivity index (χ2v) is 28.4. The lowest BCUT2D eigenvalue weighted by molar-refractivity contribution is -0.438. The average molecular weight is 1220 g/mol. The van der Waals surface area contributed by atoms with Crippen LogP contribution in [-0.4, -0.2) is 105 Å². The first-order valence-electron chi connectivity index (χ1n) is 27.0. The summed E-state index contributed by atoms with van der Waals surface area (Å²) in [6.45, 7) is 13.1. The van der Waals surface area contributed by atoms with E-state index in [9.17, 15) is 56.7 Å². The number of nitrogens with zero attached hydrogens (tertiary/aromatic N) is 3. The van der Waals surface area contributed by atoms with Gasteiger partial charge in [0.1, 0.15) is 18.1 Å². The predicted octanol–water partition coefficient (Wildman–Crippen LogP) is 8.49. The molecule has 0 bridgehead atoms. The molecule has 25 heteroatoms. The van der Waals surface area contributed by atoms with Crippen molar-refractivity contribution in [3.63, 3.8) is 0 Å². The minimum absolute atomic E-state index is 0.00138. The van der Waals surface area contributed by atoms with Gasteiger partial charge in [-0.1, -0.05) is 32.1 Å². The van der Waals surface area contributed by atoms with Gasteiger partial charge in [-0.05, 0) is 174 Å². The van der Waals surface area contributed by atoms with Gasteiger partial charge in [-0.3, -0.25) is 23.0 Å². The number of aliphatic imine (C=N–C) groups is 1. The van der Waals surface area contributed by atoms with Crippen molar-refractivity contribution < 1.29 is 66.0 Å². The van der Waals surface area contributed by atoms with E-state index in [4.69, 9.17) is 16.2 Å². The third kappa shape index (κ3) is 16.3. The van der Waals surface area contributed by atoms with Crippen LogP contribution in [0.5, 0.6) is 5.75 Å². The molecule has 0 radical (unpaired) electrons. The lowest BCUT2D eigenvalue weighted by atomic mass is 9.81. The number of nitrogens with one attached hydrogen (secondary N) is 2. The highest BCUT2D eigenvalue weighted by Crippen LogP contribution is 2.49. The van der Waals surface area contributed by atoms with Crippen molar-refractivity contribution in [3.05, 3.63) is 149 Å². The second kappa shape index (κ2) is 25.2. The largest absolute Gasteiger partial charge is 0.457 e. The summed E-state index contributed by atoms with van der Waals surface area (Å²) < 4.78 is 145. The molecule has 0 fully saturated rings. The molecular formula is C58H74N7O14S4+. The highest BCUT2D eigenvalue weighted by molar-refractivity contribution is 7.86. The van der Waals surface area contributed by atoms with E-state index in [0.29, 0.717) is 92.9 Å². The molecule has 2 heterocycles. The van der Waals surface area contributed by atoms with Crippen molar-refractivity contribution in [1.82, 2.24) is 5.32 Å². The number of amides is 1. The Balaban J connectivity index is 1.19. The van der Waals surface area contributed by atoms with Gasteiger partial charge in [0.25, 0.3) is 40.5 Å². The van der Waals surface area contributed by atoms with Crippen molar-refractivity contribution >= 4 is 75.1 Å². The summed E-state index contributed by atoms with van der Waals surface area (Å²) in [6.07, 6.45) is 12.0. The first kappa shape index (κ1) is 63.9. The Kier molecular flexibility index (Phi) is 19.4. The number of benzene rings is 4. The molecule has 4 aromatic carbocycles. The Hall–Kier alpha value is -6.71. The summed E-state index contributed by atoms with van der Waals surface area (Å²) in [5.74, 6) is 0.134. The maximum absolute atomic E-state index is 13.2. The fourth-order valence-corrected chi connectivity index (χ4v) is 12.7. The number of unbranched alkanes of at least 4 members (excludes halogenated alkanes) is 3. The number of guanidine groups is 1. The molecule has 83 heavy (non-hydrogen) atoms. The molecule has 1 aliphatic carbocycles. The molecule has 0 atom stereocenters. The molecule has 21 nitrogen and oxygen atoms in total. The number of carbonyl (C=O) groups is 1. The SMILES string of the molecule is CC(C)(CNC(=O)CCCCC[N+]1=C(/C=C/C2=C(Oc3ccc(S(=O)(=O)O)cc3)C(=C/C=C3/N(CCCCS(=O)(=O)O)c4ccc(S(=O)(=O)O)cc4C3(C)C)/CCC2)C(C)(C)c2cc(S(=O)(=O)O)ccc21)Nc1cccc(CN=C(N)N)c1. The maximum atomic E-state index is 13.2. The molecule has 10 N–H and O–H groups in total. The summed E-state index contributed by atoms with van der Waals surface area (Å²) in [6, 6.07) is 21.8. The van der Waals surface area contributed by atoms with Crippen LogP contribution in [0.4, 0.5) is 17.1 Å². The van der Waals surface area contributed by atoms with Gasteiger partial charge in [0, 0.05) is 71.7 Å². The number of allylic oxidation sites excluding steroid dienone is 7. The van der Waals surface area contributed by atoms with E-state index in [2.05, 4.69) is 20.2 Å². The van der Waals surface area contributed by atoms with Gasteiger partial charge < -0.3 is 31.7 Å². The third-order valence-electron chi connectivity index (χ3n) is 14.9. The summed E-state index contributed by atoms with van der Waals surface area (Å²) in [4.78, 5) is 18.3. The number of anilines is 2. The minimum atomic E-state index is -4.58. The Morgan fingerprint density at radius 2 is 1.40 bits per heavy atom. The molecule has 0 spiro atoms.